The number of hydrogen-bond acceptors (Lipinski definition) is 2. The van der Waals surface area contributed by atoms with Gasteiger partial charge in [0, 0.05) is 10.6 Å². The van der Waals surface area contributed by atoms with Crippen molar-refractivity contribution in [2.75, 3.05) is 0 Å². The van der Waals surface area contributed by atoms with E-state index in [1.165, 1.54) is 0 Å². The Labute approximate surface area is 91.1 Å². The Morgan fingerprint density at radius 3 is 2.60 bits per heavy atom. The van der Waals surface area contributed by atoms with E-state index in [1.54, 1.807) is 30.5 Å². The molecule has 2 aromatic rings. The average molecular weight is 222 g/mol. The number of benzene rings is 1. The smallest absolute Gasteiger partial charge is 0.267 e. The number of aromatic nitrogens is 2. The molecule has 3 N–H and O–H groups in total. The second-order valence-corrected chi connectivity index (χ2v) is 3.47. The van der Waals surface area contributed by atoms with Crippen molar-refractivity contribution in [3.63, 3.8) is 0 Å². The van der Waals surface area contributed by atoms with Crippen molar-refractivity contribution < 1.29 is 4.79 Å². The summed E-state index contributed by atoms with van der Waals surface area (Å²) in [5.41, 5.74) is 7.02. The van der Waals surface area contributed by atoms with Gasteiger partial charge in [-0.15, -0.1) is 0 Å². The van der Waals surface area contributed by atoms with Crippen LogP contribution < -0.4 is 5.73 Å². The lowest BCUT2D eigenvalue weighted by atomic mass is 10.1. The summed E-state index contributed by atoms with van der Waals surface area (Å²) in [4.78, 5) is 11.0. The van der Waals surface area contributed by atoms with Crippen molar-refractivity contribution in [2.24, 2.45) is 5.73 Å². The van der Waals surface area contributed by atoms with Gasteiger partial charge in [-0.25, -0.2) is 0 Å². The standard InChI is InChI=1S/C10H8ClN3O/c11-7-3-1-6(2-4-7)8-5-13-14-9(8)10(12)15/h1-5H,(H2,12,15)(H,13,14). The number of carbonyl (C=O) groups is 1. The fourth-order valence-electron chi connectivity index (χ4n) is 1.32. The van der Waals surface area contributed by atoms with Crippen LogP contribution in [0.2, 0.25) is 5.02 Å². The minimum absolute atomic E-state index is 0.303. The van der Waals surface area contributed by atoms with Crippen molar-refractivity contribution in [1.29, 1.82) is 0 Å². The Balaban J connectivity index is 2.49. The lowest BCUT2D eigenvalue weighted by Crippen LogP contribution is -2.12. The molecule has 1 heterocycles. The SMILES string of the molecule is NC(=O)c1[nH]ncc1-c1ccc(Cl)cc1. The fourth-order valence-corrected chi connectivity index (χ4v) is 1.45. The first-order valence-electron chi connectivity index (χ1n) is 4.27. The van der Waals surface area contributed by atoms with Crippen molar-refractivity contribution >= 4 is 17.5 Å². The van der Waals surface area contributed by atoms with Crippen molar-refractivity contribution in [1.82, 2.24) is 10.2 Å². The molecule has 1 amide bonds. The molecule has 0 saturated carbocycles. The topological polar surface area (TPSA) is 71.8 Å². The zero-order chi connectivity index (χ0) is 10.8. The zero-order valence-corrected chi connectivity index (χ0v) is 8.45. The number of halogens is 1. The van der Waals surface area contributed by atoms with Crippen molar-refractivity contribution in [3.05, 3.63) is 41.2 Å². The van der Waals surface area contributed by atoms with Gasteiger partial charge in [-0.3, -0.25) is 9.89 Å². The summed E-state index contributed by atoms with van der Waals surface area (Å²) >= 11 is 5.76. The fraction of sp³-hybridized carbons (Fsp3) is 0. The van der Waals surface area contributed by atoms with Crippen LogP contribution in [0.1, 0.15) is 10.5 Å². The van der Waals surface area contributed by atoms with Gasteiger partial charge in [-0.05, 0) is 17.7 Å². The Morgan fingerprint density at radius 1 is 1.33 bits per heavy atom. The summed E-state index contributed by atoms with van der Waals surface area (Å²) in [5.74, 6) is -0.530. The Morgan fingerprint density at radius 2 is 2.00 bits per heavy atom. The second kappa shape index (κ2) is 3.74. The first kappa shape index (κ1) is 9.73. The largest absolute Gasteiger partial charge is 0.364 e. The van der Waals surface area contributed by atoms with Crippen LogP contribution in [-0.4, -0.2) is 16.1 Å². The van der Waals surface area contributed by atoms with Gasteiger partial charge in [-0.2, -0.15) is 5.10 Å². The number of nitrogens with zero attached hydrogens (tertiary/aromatic N) is 1. The van der Waals surface area contributed by atoms with Crippen LogP contribution in [0, 0.1) is 0 Å². The van der Waals surface area contributed by atoms with E-state index in [2.05, 4.69) is 10.2 Å². The maximum Gasteiger partial charge on any atom is 0.267 e. The van der Waals surface area contributed by atoms with E-state index in [9.17, 15) is 4.79 Å². The number of aromatic amines is 1. The molecular formula is C10H8ClN3O. The minimum Gasteiger partial charge on any atom is -0.364 e. The summed E-state index contributed by atoms with van der Waals surface area (Å²) in [6, 6.07) is 7.10. The minimum atomic E-state index is -0.530. The molecule has 0 fully saturated rings. The molecule has 0 aliphatic heterocycles. The number of hydrogen-bond donors (Lipinski definition) is 2. The number of amides is 1. The van der Waals surface area contributed by atoms with Gasteiger partial charge >= 0.3 is 0 Å². The van der Waals surface area contributed by atoms with Crippen molar-refractivity contribution in [3.8, 4) is 11.1 Å². The zero-order valence-electron chi connectivity index (χ0n) is 7.70. The Bertz CT molecular complexity index is 490. The maximum absolute atomic E-state index is 11.0. The molecule has 2 rings (SSSR count). The van der Waals surface area contributed by atoms with E-state index in [4.69, 9.17) is 17.3 Å². The van der Waals surface area contributed by atoms with Gasteiger partial charge < -0.3 is 5.73 Å². The van der Waals surface area contributed by atoms with E-state index < -0.39 is 5.91 Å². The number of rotatable bonds is 2. The molecule has 0 aliphatic rings. The molecule has 76 valence electrons. The summed E-state index contributed by atoms with van der Waals surface area (Å²) in [7, 11) is 0. The monoisotopic (exact) mass is 221 g/mol. The number of H-pyrrole nitrogens is 1. The highest BCUT2D eigenvalue weighted by Crippen LogP contribution is 2.23. The second-order valence-electron chi connectivity index (χ2n) is 3.03. The molecular weight excluding hydrogens is 214 g/mol. The van der Waals surface area contributed by atoms with E-state index in [0.29, 0.717) is 16.3 Å². The van der Waals surface area contributed by atoms with Crippen LogP contribution in [0.25, 0.3) is 11.1 Å². The van der Waals surface area contributed by atoms with Crippen molar-refractivity contribution in [2.45, 2.75) is 0 Å². The van der Waals surface area contributed by atoms with Gasteiger partial charge in [0.05, 0.1) is 6.20 Å². The average Bonchev–Trinajstić information content (AvgIpc) is 2.67. The molecule has 0 bridgehead atoms. The van der Waals surface area contributed by atoms with Crippen LogP contribution in [0.4, 0.5) is 0 Å². The molecule has 0 spiro atoms. The highest BCUT2D eigenvalue weighted by Gasteiger charge is 2.11. The number of carbonyl (C=O) groups excluding carboxylic acids is 1. The molecule has 4 nitrogen and oxygen atoms in total. The molecule has 0 unspecified atom stereocenters. The van der Waals surface area contributed by atoms with E-state index in [-0.39, 0.29) is 0 Å². The molecule has 0 atom stereocenters. The van der Waals surface area contributed by atoms with E-state index in [1.807, 2.05) is 0 Å². The third-order valence-corrected chi connectivity index (χ3v) is 2.29. The summed E-state index contributed by atoms with van der Waals surface area (Å²) in [6.45, 7) is 0. The van der Waals surface area contributed by atoms with E-state index in [0.717, 1.165) is 5.56 Å². The quantitative estimate of drug-likeness (QED) is 0.812. The summed E-state index contributed by atoms with van der Waals surface area (Å²) < 4.78 is 0. The first-order valence-corrected chi connectivity index (χ1v) is 4.65. The highest BCUT2D eigenvalue weighted by molar-refractivity contribution is 6.30. The van der Waals surface area contributed by atoms with Crippen LogP contribution in [-0.2, 0) is 0 Å². The highest BCUT2D eigenvalue weighted by atomic mass is 35.5. The summed E-state index contributed by atoms with van der Waals surface area (Å²) in [5, 5.41) is 6.99. The van der Waals surface area contributed by atoms with Crippen LogP contribution >= 0.6 is 11.6 Å². The third-order valence-electron chi connectivity index (χ3n) is 2.04. The Kier molecular flexibility index (Phi) is 2.43. The molecule has 5 heteroatoms. The lowest BCUT2D eigenvalue weighted by molar-refractivity contribution is 0.0996. The number of nitrogens with one attached hydrogen (secondary N) is 1. The normalized spacial score (nSPS) is 10.2. The molecule has 1 aromatic heterocycles. The van der Waals surface area contributed by atoms with Gasteiger partial charge in [0.15, 0.2) is 0 Å². The van der Waals surface area contributed by atoms with Crippen LogP contribution in [0.3, 0.4) is 0 Å². The number of primary amides is 1. The third kappa shape index (κ3) is 1.85. The van der Waals surface area contributed by atoms with Gasteiger partial charge in [0.2, 0.25) is 0 Å². The molecule has 0 aliphatic carbocycles. The molecule has 0 saturated heterocycles. The number of nitrogens with two attached hydrogens (primary N) is 1. The van der Waals surface area contributed by atoms with Gasteiger partial charge in [0.1, 0.15) is 5.69 Å². The Hall–Kier alpha value is -1.81. The van der Waals surface area contributed by atoms with Crippen LogP contribution in [0.5, 0.6) is 0 Å². The van der Waals surface area contributed by atoms with Gasteiger partial charge in [0.25, 0.3) is 5.91 Å². The maximum atomic E-state index is 11.0. The van der Waals surface area contributed by atoms with Crippen LogP contribution in [0.15, 0.2) is 30.5 Å². The molecule has 0 radical (unpaired) electrons. The first-order chi connectivity index (χ1) is 7.18. The molecule has 15 heavy (non-hydrogen) atoms. The predicted molar refractivity (Wildman–Crippen MR) is 57.6 cm³/mol. The lowest BCUT2D eigenvalue weighted by Gasteiger charge is -1.99. The molecule has 1 aromatic carbocycles. The van der Waals surface area contributed by atoms with Gasteiger partial charge in [-0.1, -0.05) is 23.7 Å². The predicted octanol–water partition coefficient (Wildman–Crippen LogP) is 1.83. The summed E-state index contributed by atoms with van der Waals surface area (Å²) in [6.07, 6.45) is 1.56. The van der Waals surface area contributed by atoms with E-state index >= 15 is 0 Å².